The van der Waals surface area contributed by atoms with E-state index in [9.17, 15) is 8.42 Å². The normalized spacial score (nSPS) is 11.1. The minimum absolute atomic E-state index is 0.138. The number of sulfonamides is 1. The molecule has 0 fully saturated rings. The molecule has 5 nitrogen and oxygen atoms in total. The zero-order valence-corrected chi connectivity index (χ0v) is 11.5. The lowest BCUT2D eigenvalue weighted by molar-refractivity contribution is 0.583. The molecule has 98 valence electrons. The average molecular weight is 293 g/mol. The number of anilines is 1. The molecule has 1 aromatic carbocycles. The third-order valence-electron chi connectivity index (χ3n) is 2.40. The molecular weight excluding hydrogens is 282 g/mol. The summed E-state index contributed by atoms with van der Waals surface area (Å²) in [5, 5.41) is 8.68. The van der Waals surface area contributed by atoms with E-state index in [-0.39, 0.29) is 10.8 Å². The molecule has 1 aromatic heterocycles. The minimum atomic E-state index is -3.57. The molecule has 7 heteroatoms. The average Bonchev–Trinajstić information content (AvgIpc) is 2.88. The van der Waals surface area contributed by atoms with Crippen molar-refractivity contribution in [2.45, 2.75) is 10.8 Å². The molecule has 0 saturated carbocycles. The van der Waals surface area contributed by atoms with Gasteiger partial charge in [0.2, 0.25) is 10.0 Å². The van der Waals surface area contributed by atoms with Crippen LogP contribution in [0.4, 0.5) is 5.69 Å². The highest BCUT2D eigenvalue weighted by molar-refractivity contribution is 7.91. The minimum Gasteiger partial charge on any atom is -0.399 e. The molecule has 0 spiro atoms. The van der Waals surface area contributed by atoms with Crippen LogP contribution in [0.3, 0.4) is 0 Å². The Morgan fingerprint density at radius 2 is 1.89 bits per heavy atom. The molecule has 2 rings (SSSR count). The number of rotatable bonds is 4. The van der Waals surface area contributed by atoms with Crippen LogP contribution in [0.5, 0.6) is 0 Å². The van der Waals surface area contributed by atoms with E-state index in [0.29, 0.717) is 10.6 Å². The van der Waals surface area contributed by atoms with E-state index < -0.39 is 10.0 Å². The molecule has 0 aliphatic carbocycles. The van der Waals surface area contributed by atoms with Gasteiger partial charge in [0.25, 0.3) is 0 Å². The van der Waals surface area contributed by atoms with Crippen LogP contribution in [0.25, 0.3) is 0 Å². The van der Waals surface area contributed by atoms with E-state index >= 15 is 0 Å². The first-order valence-corrected chi connectivity index (χ1v) is 7.65. The van der Waals surface area contributed by atoms with Gasteiger partial charge in [-0.15, -0.1) is 11.3 Å². The topological polar surface area (TPSA) is 96.0 Å². The molecule has 0 atom stereocenters. The predicted molar refractivity (Wildman–Crippen MR) is 73.9 cm³/mol. The van der Waals surface area contributed by atoms with Gasteiger partial charge in [-0.1, -0.05) is 12.1 Å². The largest absolute Gasteiger partial charge is 0.399 e. The maximum absolute atomic E-state index is 12.0. The quantitative estimate of drug-likeness (QED) is 0.838. The van der Waals surface area contributed by atoms with E-state index in [1.807, 2.05) is 6.07 Å². The summed E-state index contributed by atoms with van der Waals surface area (Å²) in [6, 6.07) is 11.8. The maximum atomic E-state index is 12.0. The molecule has 3 N–H and O–H groups in total. The van der Waals surface area contributed by atoms with Crippen molar-refractivity contribution in [3.63, 3.8) is 0 Å². The number of nitriles is 1. The Labute approximate surface area is 115 Å². The summed E-state index contributed by atoms with van der Waals surface area (Å²) in [6.45, 7) is 0.183. The Hall–Kier alpha value is -1.88. The highest BCUT2D eigenvalue weighted by Crippen LogP contribution is 2.20. The van der Waals surface area contributed by atoms with Crippen LogP contribution < -0.4 is 10.5 Å². The van der Waals surface area contributed by atoms with Crippen LogP contribution >= 0.6 is 11.3 Å². The molecule has 0 amide bonds. The highest BCUT2D eigenvalue weighted by Gasteiger charge is 2.16. The van der Waals surface area contributed by atoms with Gasteiger partial charge in [0.15, 0.2) is 0 Å². The molecule has 0 radical (unpaired) electrons. The van der Waals surface area contributed by atoms with E-state index in [4.69, 9.17) is 11.0 Å². The first-order chi connectivity index (χ1) is 9.01. The van der Waals surface area contributed by atoms with Gasteiger partial charge in [-0.25, -0.2) is 13.1 Å². The van der Waals surface area contributed by atoms with Crippen LogP contribution in [0.2, 0.25) is 0 Å². The fourth-order valence-electron chi connectivity index (χ4n) is 1.41. The summed E-state index contributed by atoms with van der Waals surface area (Å²) in [7, 11) is -3.57. The fourth-order valence-corrected chi connectivity index (χ4v) is 3.58. The smallest absolute Gasteiger partial charge is 0.250 e. The molecular formula is C12H11N3O2S2. The van der Waals surface area contributed by atoms with Gasteiger partial charge in [-0.3, -0.25) is 0 Å². The van der Waals surface area contributed by atoms with Crippen LogP contribution in [0.15, 0.2) is 40.6 Å². The number of benzene rings is 1. The molecule has 2 aromatic rings. The zero-order chi connectivity index (χ0) is 13.9. The summed E-state index contributed by atoms with van der Waals surface area (Å²) in [5.41, 5.74) is 6.99. The second-order valence-electron chi connectivity index (χ2n) is 3.80. The number of nitrogens with one attached hydrogen (secondary N) is 1. The SMILES string of the molecule is N#Cc1ccc(S(=O)(=O)NCc2ccc(N)cc2)s1. The summed E-state index contributed by atoms with van der Waals surface area (Å²) in [4.78, 5) is 0.368. The second kappa shape index (κ2) is 5.40. The maximum Gasteiger partial charge on any atom is 0.250 e. The lowest BCUT2D eigenvalue weighted by Crippen LogP contribution is -2.22. The molecule has 0 unspecified atom stereocenters. The first-order valence-electron chi connectivity index (χ1n) is 5.35. The molecule has 0 saturated heterocycles. The Bertz CT molecular complexity index is 712. The van der Waals surface area contributed by atoms with Gasteiger partial charge in [-0.05, 0) is 29.8 Å². The van der Waals surface area contributed by atoms with Crippen molar-refractivity contribution in [2.24, 2.45) is 0 Å². The first kappa shape index (κ1) is 13.5. The van der Waals surface area contributed by atoms with Crippen LogP contribution in [-0.4, -0.2) is 8.42 Å². The number of hydrogen-bond acceptors (Lipinski definition) is 5. The number of hydrogen-bond donors (Lipinski definition) is 2. The van der Waals surface area contributed by atoms with Crippen molar-refractivity contribution in [3.05, 3.63) is 46.8 Å². The van der Waals surface area contributed by atoms with Crippen molar-refractivity contribution in [1.82, 2.24) is 4.72 Å². The van der Waals surface area contributed by atoms with Gasteiger partial charge in [-0.2, -0.15) is 5.26 Å². The zero-order valence-electron chi connectivity index (χ0n) is 9.83. The van der Waals surface area contributed by atoms with E-state index in [2.05, 4.69) is 4.72 Å². The Morgan fingerprint density at radius 3 is 2.47 bits per heavy atom. The summed E-state index contributed by atoms with van der Waals surface area (Å²) >= 11 is 0.946. The number of thiophene rings is 1. The third kappa shape index (κ3) is 3.32. The van der Waals surface area contributed by atoms with Crippen molar-refractivity contribution in [3.8, 4) is 6.07 Å². The van der Waals surface area contributed by atoms with Gasteiger partial charge in [0, 0.05) is 12.2 Å². The highest BCUT2D eigenvalue weighted by atomic mass is 32.2. The molecule has 0 aliphatic rings. The standard InChI is InChI=1S/C12H11N3O2S2/c13-7-11-5-6-12(18-11)19(16,17)15-8-9-1-3-10(14)4-2-9/h1-6,15H,8,14H2. The summed E-state index contributed by atoms with van der Waals surface area (Å²) in [6.07, 6.45) is 0. The van der Waals surface area contributed by atoms with Crippen LogP contribution in [0, 0.1) is 11.3 Å². The molecule has 0 aliphatic heterocycles. The Kier molecular flexibility index (Phi) is 3.85. The van der Waals surface area contributed by atoms with Crippen LogP contribution in [-0.2, 0) is 16.6 Å². The monoisotopic (exact) mass is 293 g/mol. The fraction of sp³-hybridized carbons (Fsp3) is 0.0833. The van der Waals surface area contributed by atoms with Gasteiger partial charge in [0.05, 0.1) is 0 Å². The van der Waals surface area contributed by atoms with Gasteiger partial charge >= 0.3 is 0 Å². The number of nitrogens with two attached hydrogens (primary N) is 1. The Balaban J connectivity index is 2.10. The van der Waals surface area contributed by atoms with E-state index in [0.717, 1.165) is 16.9 Å². The number of nitrogens with zero attached hydrogens (tertiary/aromatic N) is 1. The summed E-state index contributed by atoms with van der Waals surface area (Å²) in [5.74, 6) is 0. The summed E-state index contributed by atoms with van der Waals surface area (Å²) < 4.78 is 26.6. The molecule has 1 heterocycles. The van der Waals surface area contributed by atoms with Gasteiger partial charge < -0.3 is 5.73 Å². The number of nitrogen functional groups attached to an aromatic ring is 1. The lowest BCUT2D eigenvalue weighted by atomic mass is 10.2. The van der Waals surface area contributed by atoms with Crippen molar-refractivity contribution >= 4 is 27.0 Å². The van der Waals surface area contributed by atoms with Crippen molar-refractivity contribution < 1.29 is 8.42 Å². The molecule has 19 heavy (non-hydrogen) atoms. The van der Waals surface area contributed by atoms with E-state index in [1.54, 1.807) is 24.3 Å². The second-order valence-corrected chi connectivity index (χ2v) is 6.87. The lowest BCUT2D eigenvalue weighted by Gasteiger charge is -2.05. The predicted octanol–water partition coefficient (Wildman–Crippen LogP) is 1.68. The van der Waals surface area contributed by atoms with Gasteiger partial charge in [0.1, 0.15) is 15.2 Å². The van der Waals surface area contributed by atoms with Crippen molar-refractivity contribution in [1.29, 1.82) is 5.26 Å². The van der Waals surface area contributed by atoms with Crippen molar-refractivity contribution in [2.75, 3.05) is 5.73 Å². The van der Waals surface area contributed by atoms with Crippen LogP contribution in [0.1, 0.15) is 10.4 Å². The Morgan fingerprint density at radius 1 is 1.21 bits per heavy atom. The van der Waals surface area contributed by atoms with E-state index in [1.165, 1.54) is 12.1 Å². The molecule has 0 bridgehead atoms. The third-order valence-corrected chi connectivity index (χ3v) is 5.29.